The fraction of sp³-hybridized carbons (Fsp3) is 0.176. The van der Waals surface area contributed by atoms with Crippen LogP contribution in [0.25, 0.3) is 0 Å². The van der Waals surface area contributed by atoms with E-state index in [1.165, 1.54) is 5.56 Å². The highest BCUT2D eigenvalue weighted by Gasteiger charge is 2.32. The van der Waals surface area contributed by atoms with Crippen molar-refractivity contribution in [3.63, 3.8) is 0 Å². The largest absolute Gasteiger partial charge is 0.196 e. The van der Waals surface area contributed by atoms with Crippen LogP contribution in [-0.4, -0.2) is 0 Å². The second-order valence-electron chi connectivity index (χ2n) is 4.66. The summed E-state index contributed by atoms with van der Waals surface area (Å²) in [4.78, 5) is 0. The molecule has 0 saturated heterocycles. The van der Waals surface area contributed by atoms with Gasteiger partial charge in [0, 0.05) is 6.42 Å². The summed E-state index contributed by atoms with van der Waals surface area (Å²) in [6, 6.07) is 21.6. The van der Waals surface area contributed by atoms with Crippen molar-refractivity contribution in [1.29, 1.82) is 10.5 Å². The van der Waals surface area contributed by atoms with Gasteiger partial charge in [-0.1, -0.05) is 60.2 Å². The van der Waals surface area contributed by atoms with Crippen molar-refractivity contribution in [3.05, 3.63) is 71.3 Å². The highest BCUT2D eigenvalue weighted by Crippen LogP contribution is 2.27. The van der Waals surface area contributed by atoms with Gasteiger partial charge >= 0.3 is 0 Å². The van der Waals surface area contributed by atoms with Gasteiger partial charge in [0.1, 0.15) is 0 Å². The minimum atomic E-state index is -1.11. The van der Waals surface area contributed by atoms with Gasteiger partial charge < -0.3 is 0 Å². The maximum Gasteiger partial charge on any atom is 0.172 e. The number of nitrogens with zero attached hydrogens (tertiary/aromatic N) is 2. The molecule has 0 aliphatic heterocycles. The SMILES string of the molecule is Cc1ccc(CC(C#N)(C#N)c2ccccc2)cc1. The van der Waals surface area contributed by atoms with E-state index in [0.717, 1.165) is 11.1 Å². The Labute approximate surface area is 113 Å². The van der Waals surface area contributed by atoms with Crippen molar-refractivity contribution >= 4 is 0 Å². The molecule has 2 nitrogen and oxygen atoms in total. The lowest BCUT2D eigenvalue weighted by molar-refractivity contribution is 0.695. The van der Waals surface area contributed by atoms with E-state index in [2.05, 4.69) is 12.1 Å². The Hall–Kier alpha value is -2.58. The minimum absolute atomic E-state index is 0.407. The van der Waals surface area contributed by atoms with E-state index in [1.807, 2.05) is 61.5 Å². The van der Waals surface area contributed by atoms with Gasteiger partial charge in [0.25, 0.3) is 0 Å². The zero-order chi connectivity index (χ0) is 13.7. The second-order valence-corrected chi connectivity index (χ2v) is 4.66. The first kappa shape index (κ1) is 12.9. The van der Waals surface area contributed by atoms with Crippen LogP contribution in [0.1, 0.15) is 16.7 Å². The standard InChI is InChI=1S/C17H14N2/c1-14-7-9-15(10-8-14)11-17(12-18,13-19)16-5-3-2-4-6-16/h2-10H,11H2,1H3. The number of hydrogen-bond donors (Lipinski definition) is 0. The summed E-state index contributed by atoms with van der Waals surface area (Å²) in [5, 5.41) is 18.9. The molecule has 0 spiro atoms. The van der Waals surface area contributed by atoms with Crippen LogP contribution in [0.3, 0.4) is 0 Å². The van der Waals surface area contributed by atoms with Crippen molar-refractivity contribution in [2.45, 2.75) is 18.8 Å². The third kappa shape index (κ3) is 2.64. The van der Waals surface area contributed by atoms with Gasteiger partial charge in [0.2, 0.25) is 0 Å². The Morgan fingerprint density at radius 1 is 0.895 bits per heavy atom. The molecule has 0 saturated carbocycles. The summed E-state index contributed by atoms with van der Waals surface area (Å²) in [6.07, 6.45) is 0.407. The normalized spacial score (nSPS) is 10.5. The zero-order valence-corrected chi connectivity index (χ0v) is 10.8. The summed E-state index contributed by atoms with van der Waals surface area (Å²) in [5.74, 6) is 0. The Kier molecular flexibility index (Phi) is 3.64. The van der Waals surface area contributed by atoms with Crippen molar-refractivity contribution in [1.82, 2.24) is 0 Å². The van der Waals surface area contributed by atoms with Crippen molar-refractivity contribution < 1.29 is 0 Å². The van der Waals surface area contributed by atoms with Crippen LogP contribution in [0.2, 0.25) is 0 Å². The molecule has 19 heavy (non-hydrogen) atoms. The van der Waals surface area contributed by atoms with E-state index < -0.39 is 5.41 Å². The number of aryl methyl sites for hydroxylation is 1. The van der Waals surface area contributed by atoms with Gasteiger partial charge in [-0.05, 0) is 18.1 Å². The third-order valence-corrected chi connectivity index (χ3v) is 3.24. The van der Waals surface area contributed by atoms with Gasteiger partial charge in [-0.25, -0.2) is 0 Å². The zero-order valence-electron chi connectivity index (χ0n) is 10.8. The predicted molar refractivity (Wildman–Crippen MR) is 74.2 cm³/mol. The lowest BCUT2D eigenvalue weighted by atomic mass is 9.78. The van der Waals surface area contributed by atoms with Crippen molar-refractivity contribution in [2.75, 3.05) is 0 Å². The average Bonchev–Trinajstić information content (AvgIpc) is 2.48. The van der Waals surface area contributed by atoms with E-state index in [9.17, 15) is 10.5 Å². The maximum atomic E-state index is 9.47. The molecule has 0 fully saturated rings. The highest BCUT2D eigenvalue weighted by molar-refractivity contribution is 5.42. The van der Waals surface area contributed by atoms with Crippen LogP contribution in [-0.2, 0) is 11.8 Å². The van der Waals surface area contributed by atoms with Crippen LogP contribution >= 0.6 is 0 Å². The first-order valence-electron chi connectivity index (χ1n) is 6.14. The van der Waals surface area contributed by atoms with E-state index in [0.29, 0.717) is 6.42 Å². The molecule has 0 N–H and O–H groups in total. The molecule has 0 atom stereocenters. The molecule has 0 aromatic heterocycles. The number of benzene rings is 2. The number of hydrogen-bond acceptors (Lipinski definition) is 2. The molecule has 0 heterocycles. The first-order chi connectivity index (χ1) is 9.20. The number of nitriles is 2. The summed E-state index contributed by atoms with van der Waals surface area (Å²) < 4.78 is 0. The topological polar surface area (TPSA) is 47.6 Å². The summed E-state index contributed by atoms with van der Waals surface area (Å²) in [5.41, 5.74) is 1.80. The molecule has 0 bridgehead atoms. The van der Waals surface area contributed by atoms with Gasteiger partial charge in [0.15, 0.2) is 5.41 Å². The molecular weight excluding hydrogens is 232 g/mol. The van der Waals surface area contributed by atoms with E-state index >= 15 is 0 Å². The van der Waals surface area contributed by atoms with Crippen molar-refractivity contribution in [2.24, 2.45) is 0 Å². The molecule has 2 aromatic carbocycles. The summed E-state index contributed by atoms with van der Waals surface area (Å²) >= 11 is 0. The fourth-order valence-corrected chi connectivity index (χ4v) is 2.07. The minimum Gasteiger partial charge on any atom is -0.196 e. The Balaban J connectivity index is 2.40. The van der Waals surface area contributed by atoms with Crippen LogP contribution in [0.15, 0.2) is 54.6 Å². The number of rotatable bonds is 3. The monoisotopic (exact) mass is 246 g/mol. The van der Waals surface area contributed by atoms with Gasteiger partial charge in [-0.15, -0.1) is 0 Å². The molecule has 0 aliphatic carbocycles. The van der Waals surface area contributed by atoms with Crippen molar-refractivity contribution in [3.8, 4) is 12.1 Å². The summed E-state index contributed by atoms with van der Waals surface area (Å²) in [7, 11) is 0. The van der Waals surface area contributed by atoms with Gasteiger partial charge in [0.05, 0.1) is 12.1 Å². The van der Waals surface area contributed by atoms with Crippen LogP contribution < -0.4 is 0 Å². The van der Waals surface area contributed by atoms with Gasteiger partial charge in [-0.3, -0.25) is 0 Å². The molecule has 0 radical (unpaired) electrons. The Morgan fingerprint density at radius 3 is 2.00 bits per heavy atom. The quantitative estimate of drug-likeness (QED) is 0.831. The Bertz CT molecular complexity index is 614. The first-order valence-corrected chi connectivity index (χ1v) is 6.14. The average molecular weight is 246 g/mol. The van der Waals surface area contributed by atoms with E-state index in [1.54, 1.807) is 0 Å². The highest BCUT2D eigenvalue weighted by atomic mass is 14.4. The molecule has 0 unspecified atom stereocenters. The van der Waals surface area contributed by atoms with Crippen LogP contribution in [0.4, 0.5) is 0 Å². The molecule has 2 aromatic rings. The predicted octanol–water partition coefficient (Wildman–Crippen LogP) is 3.52. The summed E-state index contributed by atoms with van der Waals surface area (Å²) in [6.45, 7) is 2.02. The molecule has 2 heteroatoms. The molecular formula is C17H14N2. The smallest absolute Gasteiger partial charge is 0.172 e. The third-order valence-electron chi connectivity index (χ3n) is 3.24. The second kappa shape index (κ2) is 5.38. The Morgan fingerprint density at radius 2 is 1.47 bits per heavy atom. The van der Waals surface area contributed by atoms with Crippen LogP contribution in [0, 0.1) is 29.6 Å². The molecule has 0 amide bonds. The lowest BCUT2D eigenvalue weighted by Gasteiger charge is -2.19. The fourth-order valence-electron chi connectivity index (χ4n) is 2.07. The molecule has 2 rings (SSSR count). The van der Waals surface area contributed by atoms with Gasteiger partial charge in [-0.2, -0.15) is 10.5 Å². The maximum absolute atomic E-state index is 9.47. The van der Waals surface area contributed by atoms with E-state index in [-0.39, 0.29) is 0 Å². The lowest BCUT2D eigenvalue weighted by Crippen LogP contribution is -2.24. The van der Waals surface area contributed by atoms with E-state index in [4.69, 9.17) is 0 Å². The molecule has 0 aliphatic rings. The van der Waals surface area contributed by atoms with Crippen LogP contribution in [0.5, 0.6) is 0 Å². The molecule has 92 valence electrons.